The van der Waals surface area contributed by atoms with E-state index >= 15 is 0 Å². The average molecular weight is 400 g/mol. The third-order valence-electron chi connectivity index (χ3n) is 5.65. The third-order valence-corrected chi connectivity index (χ3v) is 5.98. The number of amides is 2. The Kier molecular flexibility index (Phi) is 6.94. The van der Waals surface area contributed by atoms with E-state index in [9.17, 15) is 9.59 Å². The van der Waals surface area contributed by atoms with Gasteiger partial charge in [0, 0.05) is 31.7 Å². The molecule has 0 aliphatic heterocycles. The maximum Gasteiger partial charge on any atom is 0.254 e. The summed E-state index contributed by atoms with van der Waals surface area (Å²) in [4.78, 5) is 26.4. The van der Waals surface area contributed by atoms with Crippen molar-refractivity contribution in [3.05, 3.63) is 28.8 Å². The number of anilines is 1. The largest absolute Gasteiger partial charge is 0.345 e. The molecule has 1 aromatic carbocycles. The van der Waals surface area contributed by atoms with Crippen LogP contribution in [-0.2, 0) is 4.79 Å². The summed E-state index contributed by atoms with van der Waals surface area (Å²) in [5.74, 6) is 0.756. The molecule has 1 aromatic rings. The summed E-state index contributed by atoms with van der Waals surface area (Å²) in [6.07, 6.45) is 5.21. The number of rotatable bonds is 3. The maximum atomic E-state index is 12.7. The molecule has 0 aromatic heterocycles. The number of nitrogens with zero attached hydrogens (tertiary/aromatic N) is 1. The minimum Gasteiger partial charge on any atom is -0.345 e. The van der Waals surface area contributed by atoms with Gasteiger partial charge in [-0.2, -0.15) is 0 Å². The molecule has 3 N–H and O–H groups in total. The number of hydrogen-bond acceptors (Lipinski definition) is 3. The van der Waals surface area contributed by atoms with Crippen molar-refractivity contribution in [2.75, 3.05) is 19.4 Å². The number of nitrogens with one attached hydrogen (secondary N) is 1. The van der Waals surface area contributed by atoms with Crippen LogP contribution in [0.3, 0.4) is 0 Å². The van der Waals surface area contributed by atoms with Gasteiger partial charge in [0.1, 0.15) is 0 Å². The molecule has 2 unspecified atom stereocenters. The molecule has 26 heavy (non-hydrogen) atoms. The molecule has 2 fully saturated rings. The number of fused-ring (bicyclic) bond motifs is 2. The minimum atomic E-state index is -0.181. The van der Waals surface area contributed by atoms with Crippen molar-refractivity contribution in [3.63, 3.8) is 0 Å². The molecule has 2 amide bonds. The van der Waals surface area contributed by atoms with E-state index in [1.807, 2.05) is 0 Å². The molecular formula is C19H27Cl2N3O2. The monoisotopic (exact) mass is 399 g/mol. The van der Waals surface area contributed by atoms with Gasteiger partial charge in [-0.05, 0) is 55.7 Å². The van der Waals surface area contributed by atoms with Gasteiger partial charge < -0.3 is 16.0 Å². The van der Waals surface area contributed by atoms with Crippen LogP contribution < -0.4 is 11.1 Å². The molecule has 2 atom stereocenters. The second-order valence-electron chi connectivity index (χ2n) is 7.58. The number of benzene rings is 1. The van der Waals surface area contributed by atoms with Gasteiger partial charge in [0.05, 0.1) is 10.6 Å². The zero-order valence-electron chi connectivity index (χ0n) is 15.2. The van der Waals surface area contributed by atoms with E-state index in [1.54, 1.807) is 32.3 Å². The summed E-state index contributed by atoms with van der Waals surface area (Å²) in [5.41, 5.74) is 7.31. The van der Waals surface area contributed by atoms with Crippen molar-refractivity contribution in [1.82, 2.24) is 4.90 Å². The first kappa shape index (κ1) is 21.0. The van der Waals surface area contributed by atoms with Gasteiger partial charge in [-0.3, -0.25) is 9.59 Å². The molecule has 5 nitrogen and oxygen atoms in total. The summed E-state index contributed by atoms with van der Waals surface area (Å²) in [7, 11) is 3.35. The first-order chi connectivity index (χ1) is 11.9. The van der Waals surface area contributed by atoms with Gasteiger partial charge in [-0.1, -0.05) is 18.0 Å². The van der Waals surface area contributed by atoms with Crippen molar-refractivity contribution >= 4 is 41.5 Å². The summed E-state index contributed by atoms with van der Waals surface area (Å²) < 4.78 is 0. The Labute approximate surface area is 166 Å². The number of nitrogens with two attached hydrogens (primary N) is 1. The van der Waals surface area contributed by atoms with Crippen molar-refractivity contribution < 1.29 is 9.59 Å². The first-order valence-corrected chi connectivity index (χ1v) is 9.32. The van der Waals surface area contributed by atoms with Crippen LogP contribution >= 0.6 is 24.0 Å². The molecule has 0 radical (unpaired) electrons. The van der Waals surface area contributed by atoms with E-state index in [4.69, 9.17) is 17.3 Å². The Balaban J connectivity index is 0.00000243. The van der Waals surface area contributed by atoms with Gasteiger partial charge >= 0.3 is 0 Å². The Hall–Kier alpha value is -1.30. The summed E-state index contributed by atoms with van der Waals surface area (Å²) in [6.45, 7) is 0. The van der Waals surface area contributed by atoms with E-state index in [0.29, 0.717) is 28.1 Å². The predicted molar refractivity (Wildman–Crippen MR) is 107 cm³/mol. The fourth-order valence-corrected chi connectivity index (χ4v) is 4.45. The second kappa shape index (κ2) is 8.59. The molecule has 0 spiro atoms. The van der Waals surface area contributed by atoms with Crippen LogP contribution in [0.2, 0.25) is 5.02 Å². The minimum absolute atomic E-state index is 0. The molecule has 144 valence electrons. The molecule has 2 saturated carbocycles. The first-order valence-electron chi connectivity index (χ1n) is 8.94. The van der Waals surface area contributed by atoms with Crippen molar-refractivity contribution in [2.45, 2.75) is 38.1 Å². The Morgan fingerprint density at radius 1 is 1.19 bits per heavy atom. The van der Waals surface area contributed by atoms with Crippen LogP contribution in [0.25, 0.3) is 0 Å². The number of hydrogen-bond donors (Lipinski definition) is 2. The van der Waals surface area contributed by atoms with Crippen LogP contribution in [0.5, 0.6) is 0 Å². The Bertz CT molecular complexity index is 667. The zero-order valence-corrected chi connectivity index (χ0v) is 16.8. The molecule has 2 aliphatic carbocycles. The maximum absolute atomic E-state index is 12.7. The average Bonchev–Trinajstić information content (AvgIpc) is 2.55. The van der Waals surface area contributed by atoms with Crippen molar-refractivity contribution in [2.24, 2.45) is 23.5 Å². The summed E-state index contributed by atoms with van der Waals surface area (Å²) in [6, 6.07) is 5.29. The fraction of sp³-hybridized carbons (Fsp3) is 0.579. The quantitative estimate of drug-likeness (QED) is 0.815. The Morgan fingerprint density at radius 2 is 1.81 bits per heavy atom. The van der Waals surface area contributed by atoms with Crippen molar-refractivity contribution in [1.29, 1.82) is 0 Å². The van der Waals surface area contributed by atoms with E-state index < -0.39 is 0 Å². The predicted octanol–water partition coefficient (Wildman–Crippen LogP) is 3.56. The van der Waals surface area contributed by atoms with Gasteiger partial charge in [0.2, 0.25) is 5.91 Å². The van der Waals surface area contributed by atoms with Crippen LogP contribution in [0.15, 0.2) is 18.2 Å². The highest BCUT2D eigenvalue weighted by Gasteiger charge is 2.40. The second-order valence-corrected chi connectivity index (χ2v) is 7.99. The SMILES string of the molecule is CN(C)C(=O)c1cc(NC(=O)C2CC3CCCC(C2)C3N)ccc1Cl.Cl. The van der Waals surface area contributed by atoms with Crippen LogP contribution in [-0.4, -0.2) is 36.9 Å². The topological polar surface area (TPSA) is 75.4 Å². The Morgan fingerprint density at radius 3 is 2.38 bits per heavy atom. The lowest BCUT2D eigenvalue weighted by Crippen LogP contribution is -2.48. The van der Waals surface area contributed by atoms with Crippen LogP contribution in [0.4, 0.5) is 5.69 Å². The molecule has 2 aliphatic rings. The van der Waals surface area contributed by atoms with Gasteiger partial charge in [0.25, 0.3) is 5.91 Å². The molecule has 7 heteroatoms. The summed E-state index contributed by atoms with van der Waals surface area (Å²) in [5, 5.41) is 3.35. The third kappa shape index (κ3) is 4.33. The van der Waals surface area contributed by atoms with E-state index in [1.165, 1.54) is 11.3 Å². The van der Waals surface area contributed by atoms with Gasteiger partial charge in [0.15, 0.2) is 0 Å². The number of carbonyl (C=O) groups excluding carboxylic acids is 2. The van der Waals surface area contributed by atoms with Gasteiger partial charge in [-0.25, -0.2) is 0 Å². The normalized spacial score (nSPS) is 27.2. The van der Waals surface area contributed by atoms with Crippen LogP contribution in [0, 0.1) is 17.8 Å². The van der Waals surface area contributed by atoms with Gasteiger partial charge in [-0.15, -0.1) is 12.4 Å². The van der Waals surface area contributed by atoms with E-state index in [0.717, 1.165) is 25.7 Å². The van der Waals surface area contributed by atoms with E-state index in [-0.39, 0.29) is 36.2 Å². The van der Waals surface area contributed by atoms with Crippen LogP contribution in [0.1, 0.15) is 42.5 Å². The molecule has 2 bridgehead atoms. The standard InChI is InChI=1S/C19H26ClN3O2.ClH/c1-23(2)19(25)15-10-14(6-7-16(15)20)22-18(24)13-8-11-4-3-5-12(9-13)17(11)21;/h6-7,10-13,17H,3-5,8-9,21H2,1-2H3,(H,22,24);1H. The molecule has 0 saturated heterocycles. The van der Waals surface area contributed by atoms with E-state index in [2.05, 4.69) is 5.32 Å². The lowest BCUT2D eigenvalue weighted by atomic mass is 9.65. The summed E-state index contributed by atoms with van der Waals surface area (Å²) >= 11 is 6.13. The fourth-order valence-electron chi connectivity index (χ4n) is 4.26. The molecular weight excluding hydrogens is 373 g/mol. The molecule has 3 rings (SSSR count). The zero-order chi connectivity index (χ0) is 18.1. The highest BCUT2D eigenvalue weighted by atomic mass is 35.5. The number of carbonyl (C=O) groups is 2. The smallest absolute Gasteiger partial charge is 0.254 e. The lowest BCUT2D eigenvalue weighted by Gasteiger charge is -2.43. The molecule has 0 heterocycles. The lowest BCUT2D eigenvalue weighted by molar-refractivity contribution is -0.122. The number of halogens is 2. The highest BCUT2D eigenvalue weighted by Crippen LogP contribution is 2.42. The highest BCUT2D eigenvalue weighted by molar-refractivity contribution is 6.34. The van der Waals surface area contributed by atoms with Crippen molar-refractivity contribution in [3.8, 4) is 0 Å².